The quantitative estimate of drug-likeness (QED) is 0.00858. The minimum atomic E-state index is -5.62. The van der Waals surface area contributed by atoms with Crippen LogP contribution in [0, 0.1) is 16.7 Å². The van der Waals surface area contributed by atoms with Crippen LogP contribution in [0.15, 0.2) is 65.8 Å². The summed E-state index contributed by atoms with van der Waals surface area (Å²) in [6, 6.07) is -8.01. The van der Waals surface area contributed by atoms with Crippen molar-refractivity contribution in [3.05, 3.63) is 71.9 Å². The highest BCUT2D eigenvalue weighted by Crippen LogP contribution is 2.28. The molecule has 15 atom stereocenters. The average Bonchev–Trinajstić information content (AvgIpc) is 1.74. The first-order valence-corrected chi connectivity index (χ1v) is 40.6. The van der Waals surface area contributed by atoms with Gasteiger partial charge in [-0.05, 0) is 93.2 Å². The SMILES string of the molecule is CC(C)CC1NC(=O)C(CCC(N)=O)N(C)C(=O)[C@@H]([C@H](C)O)N(C(=O)C(CS(=O)(=O)O)NC(=O)C(CCCN=C(N)N)NC(=O)C(Cc2c[nH]c3ccccc23)NC(=O)C(NC(=O)C(NC(=O)C2CCCN2C(=O)C(Cc2ccccc2)NC(=O)C(C)NC=O)C(C)(C)C)C(C)(C)C)C(=O)CN(C)C(=O)[C@H]([C@@H](C)O)NC(=O)C(CC(N)=O)NC1=O. The monoisotopic (exact) mass is 1700 g/mol. The Bertz CT molecular complexity index is 4390. The lowest BCUT2D eigenvalue weighted by Gasteiger charge is -2.38. The Morgan fingerprint density at radius 3 is 1.79 bits per heavy atom. The second-order valence-corrected chi connectivity index (χ2v) is 34.1. The number of amides is 17. The van der Waals surface area contributed by atoms with Gasteiger partial charge in [0.15, 0.2) is 5.96 Å². The molecule has 42 nitrogen and oxygen atoms in total. The molecule has 0 radical (unpaired) electrons. The molecule has 662 valence electrons. The van der Waals surface area contributed by atoms with Gasteiger partial charge in [0, 0.05) is 63.5 Å². The molecule has 0 saturated carbocycles. The first-order chi connectivity index (χ1) is 55.9. The molecule has 2 aliphatic rings. The molecule has 22 N–H and O–H groups in total. The van der Waals surface area contributed by atoms with Crippen molar-refractivity contribution in [2.75, 3.05) is 39.5 Å². The number of para-hydroxylation sites is 1. The van der Waals surface area contributed by atoms with Crippen LogP contribution in [0.5, 0.6) is 0 Å². The van der Waals surface area contributed by atoms with Gasteiger partial charge in [-0.1, -0.05) is 104 Å². The Morgan fingerprint density at radius 2 is 1.22 bits per heavy atom. The van der Waals surface area contributed by atoms with Crippen molar-refractivity contribution in [2.24, 2.45) is 44.7 Å². The maximum atomic E-state index is 15.7. The molecule has 2 fully saturated rings. The number of aromatic nitrogens is 1. The summed E-state index contributed by atoms with van der Waals surface area (Å²) < 4.78 is 37.2. The van der Waals surface area contributed by atoms with Crippen LogP contribution in [-0.2, 0) is 104 Å². The van der Waals surface area contributed by atoms with E-state index in [1.54, 1.807) is 110 Å². The van der Waals surface area contributed by atoms with Gasteiger partial charge in [-0.25, -0.2) is 0 Å². The van der Waals surface area contributed by atoms with Crippen molar-refractivity contribution in [3.8, 4) is 0 Å². The van der Waals surface area contributed by atoms with Crippen LogP contribution in [0.1, 0.15) is 139 Å². The number of nitrogens with two attached hydrogens (primary N) is 4. The molecule has 0 bridgehead atoms. The Labute approximate surface area is 694 Å². The third kappa shape index (κ3) is 28.8. The standard InChI is InChI=1S/C77H116N20O22S/c1-39(2)31-48-64(106)86-50(34-56(79)102)66(108)91-58(41(4)99)73(115)94(12)36-57(103)97(59(42(5)100)74(116)95(13)53(67(109)87-48)27-28-55(78)101)72(114)52(37-120(117,118)119)90-63(105)47(25-19-29-82-75(80)81)85-65(107)49(33-44-35-83-46-24-18-17-23-45(44)46)88-69(111)60(76(6,7)8)93-70(112)61(77(9,10)11)92-68(110)54-26-20-30-96(54)71(113)51(32-43-21-15-14-16-22-43)89-62(104)40(3)84-38-98/h14-18,21-24,35,38-42,47-54,58-61,83,99-100H,19-20,25-34,36-37H2,1-13H3,(H2,78,101)(H2,79,102)(H,84,98)(H,85,107)(H,86,106)(H,87,109)(H,88,111)(H,89,104)(H,90,105)(H,91,108)(H,92,110)(H,93,112)(H4,80,81,82)(H,117,118,119)/t40?,41-,42+,47?,48?,49?,50?,51?,52?,53?,54?,58+,59-,60?,61?/m1/s1. The van der Waals surface area contributed by atoms with E-state index in [1.807, 2.05) is 0 Å². The van der Waals surface area contributed by atoms with Gasteiger partial charge in [-0.15, -0.1) is 0 Å². The second kappa shape index (κ2) is 43.8. The fraction of sp³-hybridized carbons (Fsp3) is 0.584. The van der Waals surface area contributed by atoms with Crippen molar-refractivity contribution in [3.63, 3.8) is 0 Å². The lowest BCUT2D eigenvalue weighted by molar-refractivity contribution is -0.163. The number of hydrogen-bond donors (Lipinski definition) is 18. The van der Waals surface area contributed by atoms with Crippen LogP contribution in [-0.4, -0.2) is 285 Å². The fourth-order valence-electron chi connectivity index (χ4n) is 13.7. The smallest absolute Gasteiger partial charge is 0.267 e. The molecule has 5 rings (SSSR count). The number of aliphatic hydroxyl groups is 2. The summed E-state index contributed by atoms with van der Waals surface area (Å²) in [6.07, 6.45) is -5.72. The number of likely N-dealkylation sites (tertiary alicyclic amines) is 1. The van der Waals surface area contributed by atoms with E-state index < -0.39 is 262 Å². The summed E-state index contributed by atoms with van der Waals surface area (Å²) in [5, 5.41) is 48.1. The number of carbonyl (C=O) groups excluding carboxylic acids is 17. The van der Waals surface area contributed by atoms with Gasteiger partial charge in [-0.3, -0.25) is 96.0 Å². The molecule has 2 aliphatic heterocycles. The number of guanidine groups is 1. The highest BCUT2D eigenvalue weighted by Gasteiger charge is 2.49. The molecular formula is C77H116N20O22S. The van der Waals surface area contributed by atoms with Gasteiger partial charge < -0.3 is 106 Å². The van der Waals surface area contributed by atoms with Gasteiger partial charge in [0.25, 0.3) is 16.0 Å². The van der Waals surface area contributed by atoms with E-state index in [2.05, 4.69) is 63.1 Å². The number of fused-ring (bicyclic) bond motifs is 1. The molecule has 2 aromatic carbocycles. The maximum absolute atomic E-state index is 15.7. The number of aliphatic hydroxyl groups excluding tert-OH is 2. The number of rotatable bonds is 35. The van der Waals surface area contributed by atoms with Crippen molar-refractivity contribution in [2.45, 2.75) is 231 Å². The fourth-order valence-corrected chi connectivity index (χ4v) is 14.3. The third-order valence-corrected chi connectivity index (χ3v) is 20.8. The number of nitrogens with zero attached hydrogens (tertiary/aromatic N) is 5. The van der Waals surface area contributed by atoms with Crippen molar-refractivity contribution in [1.82, 2.24) is 77.8 Å². The van der Waals surface area contributed by atoms with E-state index >= 15 is 33.6 Å². The number of aliphatic imine (C=N–C) groups is 1. The van der Waals surface area contributed by atoms with Gasteiger partial charge in [0.05, 0.1) is 25.2 Å². The maximum Gasteiger partial charge on any atom is 0.267 e. The van der Waals surface area contributed by atoms with Gasteiger partial charge >= 0.3 is 0 Å². The predicted octanol–water partition coefficient (Wildman–Crippen LogP) is -5.55. The Morgan fingerprint density at radius 1 is 0.650 bits per heavy atom. The molecule has 0 aliphatic carbocycles. The molecule has 43 heteroatoms. The first-order valence-electron chi connectivity index (χ1n) is 39.0. The van der Waals surface area contributed by atoms with Gasteiger partial charge in [0.2, 0.25) is 95.0 Å². The summed E-state index contributed by atoms with van der Waals surface area (Å²) in [6.45, 7) is 14.4. The number of carbonyl (C=O) groups is 17. The predicted molar refractivity (Wildman–Crippen MR) is 433 cm³/mol. The number of likely N-dealkylation sites (N-methyl/N-ethyl adjacent to an activating group) is 2. The second-order valence-electron chi connectivity index (χ2n) is 32.6. The number of nitrogens with one attached hydrogen (secondary N) is 11. The van der Waals surface area contributed by atoms with Crippen molar-refractivity contribution >= 4 is 128 Å². The summed E-state index contributed by atoms with van der Waals surface area (Å²) in [5.74, 6) is -22.1. The zero-order valence-corrected chi connectivity index (χ0v) is 70.4. The lowest BCUT2D eigenvalue weighted by Crippen LogP contribution is -2.66. The van der Waals surface area contributed by atoms with Crippen LogP contribution >= 0.6 is 0 Å². The molecule has 0 spiro atoms. The topological polar surface area (TPSA) is 651 Å². The van der Waals surface area contributed by atoms with Gasteiger partial charge in [-0.2, -0.15) is 8.42 Å². The van der Waals surface area contributed by atoms with Crippen LogP contribution in [0.4, 0.5) is 0 Å². The van der Waals surface area contributed by atoms with E-state index in [-0.39, 0.29) is 43.7 Å². The minimum Gasteiger partial charge on any atom is -0.391 e. The Kier molecular flexibility index (Phi) is 36.1. The summed E-state index contributed by atoms with van der Waals surface area (Å²) >= 11 is 0. The molecule has 3 heterocycles. The van der Waals surface area contributed by atoms with Gasteiger partial charge in [0.1, 0.15) is 84.3 Å². The van der Waals surface area contributed by atoms with Crippen LogP contribution < -0.4 is 76.1 Å². The largest absolute Gasteiger partial charge is 0.391 e. The van der Waals surface area contributed by atoms with E-state index in [4.69, 9.17) is 22.9 Å². The number of imide groups is 1. The summed E-state index contributed by atoms with van der Waals surface area (Å²) in [5.41, 5.74) is 21.4. The molecule has 11 unspecified atom stereocenters. The highest BCUT2D eigenvalue weighted by atomic mass is 32.2. The van der Waals surface area contributed by atoms with E-state index in [0.29, 0.717) is 44.7 Å². The zero-order valence-electron chi connectivity index (χ0n) is 69.5. The van der Waals surface area contributed by atoms with Crippen LogP contribution in [0.2, 0.25) is 0 Å². The minimum absolute atomic E-state index is 0.00371. The number of primary amides is 2. The molecule has 17 amide bonds. The van der Waals surface area contributed by atoms with Crippen LogP contribution in [0.25, 0.3) is 10.9 Å². The lowest BCUT2D eigenvalue weighted by atomic mass is 9.83. The van der Waals surface area contributed by atoms with E-state index in [1.165, 1.54) is 18.0 Å². The number of benzene rings is 2. The van der Waals surface area contributed by atoms with Crippen molar-refractivity contribution in [1.29, 1.82) is 0 Å². The first kappa shape index (κ1) is 98.8. The zero-order chi connectivity index (χ0) is 90.3. The Balaban J connectivity index is 1.62. The molecule has 3 aromatic rings. The average molecular weight is 1710 g/mol. The highest BCUT2D eigenvalue weighted by molar-refractivity contribution is 7.85. The van der Waals surface area contributed by atoms with Crippen LogP contribution in [0.3, 0.4) is 0 Å². The summed E-state index contributed by atoms with van der Waals surface area (Å²) in [7, 11) is -3.86. The Hall–Kier alpha value is -11.7. The summed E-state index contributed by atoms with van der Waals surface area (Å²) in [4.78, 5) is 253. The normalized spacial score (nSPS) is 20.4. The molecular weight excluding hydrogens is 1590 g/mol. The van der Waals surface area contributed by atoms with E-state index in [9.17, 15) is 71.1 Å². The number of aromatic amines is 1. The molecule has 120 heavy (non-hydrogen) atoms. The molecule has 2 saturated heterocycles. The molecule has 1 aromatic heterocycles. The van der Waals surface area contributed by atoms with Crippen molar-refractivity contribution < 1.29 is 105 Å². The van der Waals surface area contributed by atoms with E-state index in [0.717, 1.165) is 27.9 Å². The number of H-pyrrole nitrogens is 1. The number of hydrogen-bond acceptors (Lipinski definition) is 22. The third-order valence-electron chi connectivity index (χ3n) is 20.0.